The van der Waals surface area contributed by atoms with E-state index in [1.165, 1.54) is 25.3 Å². The van der Waals surface area contributed by atoms with Crippen LogP contribution in [0.15, 0.2) is 47.3 Å². The second kappa shape index (κ2) is 16.7. The van der Waals surface area contributed by atoms with Crippen LogP contribution in [0.4, 0.5) is 4.39 Å². The molecule has 3 amide bonds. The summed E-state index contributed by atoms with van der Waals surface area (Å²) in [5.74, 6) is -0.561. The first-order valence-electron chi connectivity index (χ1n) is 19.8. The van der Waals surface area contributed by atoms with Crippen LogP contribution < -0.4 is 11.3 Å². The van der Waals surface area contributed by atoms with Crippen LogP contribution >= 0.6 is 0 Å². The molecule has 0 unspecified atom stereocenters. The van der Waals surface area contributed by atoms with Gasteiger partial charge in [0.25, 0.3) is 11.5 Å². The van der Waals surface area contributed by atoms with E-state index in [0.717, 1.165) is 51.6 Å². The lowest BCUT2D eigenvalue weighted by molar-refractivity contribution is -0.147. The Bertz CT molecular complexity index is 1870. The van der Waals surface area contributed by atoms with E-state index in [1.807, 2.05) is 17.0 Å². The van der Waals surface area contributed by atoms with Crippen molar-refractivity contribution >= 4 is 28.5 Å². The average Bonchev–Trinajstić information content (AvgIpc) is 3.20. The Morgan fingerprint density at radius 2 is 1.56 bits per heavy atom. The lowest BCUT2D eigenvalue weighted by Gasteiger charge is -2.44. The number of piperidine rings is 2. The predicted octanol–water partition coefficient (Wildman–Crippen LogP) is 3.71. The van der Waals surface area contributed by atoms with Crippen molar-refractivity contribution in [2.45, 2.75) is 88.9 Å². The van der Waals surface area contributed by atoms with Crippen LogP contribution in [0.2, 0.25) is 0 Å². The molecule has 2 aromatic carbocycles. The molecule has 0 bridgehead atoms. The van der Waals surface area contributed by atoms with Crippen LogP contribution in [0, 0.1) is 11.7 Å². The van der Waals surface area contributed by atoms with Crippen molar-refractivity contribution in [2.75, 3.05) is 58.9 Å². The number of likely N-dealkylation sites (tertiary alicyclic amines) is 2. The molecule has 3 aromatic rings. The maximum atomic E-state index is 15.0. The van der Waals surface area contributed by atoms with Crippen LogP contribution in [0.5, 0.6) is 0 Å². The second-order valence-electron chi connectivity index (χ2n) is 16.0. The van der Waals surface area contributed by atoms with Gasteiger partial charge in [-0.3, -0.25) is 24.1 Å². The van der Waals surface area contributed by atoms with Gasteiger partial charge >= 0.3 is 0 Å². The van der Waals surface area contributed by atoms with Crippen molar-refractivity contribution in [3.63, 3.8) is 0 Å². The van der Waals surface area contributed by atoms with Gasteiger partial charge in [-0.15, -0.1) is 0 Å². The molecule has 4 aliphatic rings. The first-order valence-corrected chi connectivity index (χ1v) is 19.8. The third-order valence-corrected chi connectivity index (χ3v) is 12.2. The van der Waals surface area contributed by atoms with E-state index in [-0.39, 0.29) is 40.7 Å². The number of nitrogens with zero attached hydrogens (tertiary/aromatic N) is 5. The molecule has 3 aliphatic heterocycles. The van der Waals surface area contributed by atoms with Gasteiger partial charge in [0.05, 0.1) is 40.9 Å². The molecule has 13 heteroatoms. The lowest BCUT2D eigenvalue weighted by Crippen LogP contribution is -2.54. The van der Waals surface area contributed by atoms with Gasteiger partial charge in [-0.2, -0.15) is 5.10 Å². The van der Waals surface area contributed by atoms with Crippen LogP contribution in [-0.4, -0.2) is 124 Å². The highest BCUT2D eigenvalue weighted by Gasteiger charge is 2.37. The van der Waals surface area contributed by atoms with Gasteiger partial charge in [-0.05, 0) is 75.1 Å². The SMILES string of the molecule is CC1(OC2CCN(C(=O)[C@H](N)C3CCCCC3)CC2)CCN(CC(=O)N2CCN(C(=O)c3cc(Cc4n[nH]c(=O)c5ccccc45)ccc3F)CC2)CC1. The topological polar surface area (TPSA) is 145 Å². The number of aromatic amines is 1. The maximum Gasteiger partial charge on any atom is 0.272 e. The molecule has 0 radical (unpaired) electrons. The number of amides is 3. The molecular weight excluding hydrogens is 689 g/mol. The monoisotopic (exact) mass is 743 g/mol. The molecule has 1 saturated carbocycles. The fraction of sp³-hybridized carbons (Fsp3) is 0.585. The van der Waals surface area contributed by atoms with Gasteiger partial charge in [0.2, 0.25) is 11.8 Å². The van der Waals surface area contributed by atoms with Crippen molar-refractivity contribution in [3.05, 3.63) is 75.5 Å². The summed E-state index contributed by atoms with van der Waals surface area (Å²) in [7, 11) is 0. The van der Waals surface area contributed by atoms with Crippen LogP contribution in [0.1, 0.15) is 86.3 Å². The normalized spacial score (nSPS) is 21.0. The van der Waals surface area contributed by atoms with Crippen molar-refractivity contribution in [2.24, 2.45) is 11.7 Å². The Hall–Kier alpha value is -4.20. The number of H-pyrrole nitrogens is 1. The Balaban J connectivity index is 0.843. The first kappa shape index (κ1) is 38.1. The number of nitrogens with two attached hydrogens (primary N) is 1. The number of benzene rings is 2. The van der Waals surface area contributed by atoms with Crippen molar-refractivity contribution in [3.8, 4) is 0 Å². The number of nitrogens with one attached hydrogen (secondary N) is 1. The quantitative estimate of drug-likeness (QED) is 0.338. The standard InChI is InChI=1S/C41H54FN7O5/c1-41(54-30-13-17-48(18-14-30)40(53)37(43)29-7-3-2-4-8-29)15-19-46(20-16-41)27-36(50)47-21-23-49(24-22-47)39(52)33-25-28(11-12-34(33)42)26-35-31-9-5-6-10-32(31)38(51)45-44-35/h5-6,9-12,25,29-30,37H,2-4,7-8,13-24,26-27,43H2,1H3,(H,45,51)/t37-/m1/s1. The largest absolute Gasteiger partial charge is 0.372 e. The molecule has 4 heterocycles. The summed E-state index contributed by atoms with van der Waals surface area (Å²) in [6, 6.07) is 11.3. The van der Waals surface area contributed by atoms with E-state index in [4.69, 9.17) is 10.5 Å². The zero-order valence-electron chi connectivity index (χ0n) is 31.4. The van der Waals surface area contributed by atoms with Crippen molar-refractivity contribution < 1.29 is 23.5 Å². The summed E-state index contributed by atoms with van der Waals surface area (Å²) in [5, 5.41) is 7.98. The molecule has 54 heavy (non-hydrogen) atoms. The third kappa shape index (κ3) is 8.68. The molecule has 1 atom stereocenters. The smallest absolute Gasteiger partial charge is 0.272 e. The zero-order valence-corrected chi connectivity index (χ0v) is 31.4. The zero-order chi connectivity index (χ0) is 37.8. The van der Waals surface area contributed by atoms with Gasteiger partial charge in [0.1, 0.15) is 5.82 Å². The number of hydrogen-bond acceptors (Lipinski definition) is 8. The average molecular weight is 744 g/mol. The molecule has 1 aromatic heterocycles. The molecule has 7 rings (SSSR count). The van der Waals surface area contributed by atoms with Crippen LogP contribution in [0.25, 0.3) is 10.8 Å². The number of aromatic nitrogens is 2. The number of hydrogen-bond donors (Lipinski definition) is 2. The van der Waals surface area contributed by atoms with Gasteiger partial charge in [0, 0.05) is 64.2 Å². The van der Waals surface area contributed by atoms with Gasteiger partial charge in [0.15, 0.2) is 0 Å². The summed E-state index contributed by atoms with van der Waals surface area (Å²) in [4.78, 5) is 59.6. The third-order valence-electron chi connectivity index (χ3n) is 12.2. The fourth-order valence-corrected chi connectivity index (χ4v) is 8.77. The summed E-state index contributed by atoms with van der Waals surface area (Å²) in [5.41, 5.74) is 7.19. The predicted molar refractivity (Wildman–Crippen MR) is 203 cm³/mol. The Labute approximate surface area is 316 Å². The molecule has 4 fully saturated rings. The second-order valence-corrected chi connectivity index (χ2v) is 16.0. The highest BCUT2D eigenvalue weighted by atomic mass is 19.1. The minimum absolute atomic E-state index is 0.0162. The molecule has 3 saturated heterocycles. The first-order chi connectivity index (χ1) is 26.1. The van der Waals surface area contributed by atoms with E-state index < -0.39 is 11.7 Å². The van der Waals surface area contributed by atoms with E-state index in [9.17, 15) is 23.6 Å². The molecule has 12 nitrogen and oxygen atoms in total. The number of piperazine rings is 1. The lowest BCUT2D eigenvalue weighted by atomic mass is 9.83. The van der Waals surface area contributed by atoms with Gasteiger partial charge in [-0.25, -0.2) is 9.49 Å². The number of carbonyl (C=O) groups is 3. The fourth-order valence-electron chi connectivity index (χ4n) is 8.77. The number of fused-ring (bicyclic) bond motifs is 1. The maximum absolute atomic E-state index is 15.0. The number of ether oxygens (including phenoxy) is 1. The van der Waals surface area contributed by atoms with Crippen molar-refractivity contribution in [1.29, 1.82) is 0 Å². The Morgan fingerprint density at radius 3 is 2.26 bits per heavy atom. The molecule has 1 aliphatic carbocycles. The van der Waals surface area contributed by atoms with Crippen molar-refractivity contribution in [1.82, 2.24) is 29.8 Å². The summed E-state index contributed by atoms with van der Waals surface area (Å²) >= 11 is 0. The minimum atomic E-state index is -0.599. The number of rotatable bonds is 9. The number of halogens is 1. The summed E-state index contributed by atoms with van der Waals surface area (Å²) < 4.78 is 21.7. The highest BCUT2D eigenvalue weighted by molar-refractivity contribution is 5.95. The number of carbonyl (C=O) groups excluding carboxylic acids is 3. The van der Waals surface area contributed by atoms with Crippen LogP contribution in [0.3, 0.4) is 0 Å². The van der Waals surface area contributed by atoms with Crippen LogP contribution in [-0.2, 0) is 20.7 Å². The Kier molecular flexibility index (Phi) is 11.8. The molecule has 3 N–H and O–H groups in total. The van der Waals surface area contributed by atoms with E-state index in [2.05, 4.69) is 22.0 Å². The highest BCUT2D eigenvalue weighted by Crippen LogP contribution is 2.31. The van der Waals surface area contributed by atoms with Gasteiger partial charge < -0.3 is 25.2 Å². The molecular formula is C41H54FN7O5. The molecule has 290 valence electrons. The van der Waals surface area contributed by atoms with E-state index in [1.54, 1.807) is 34.1 Å². The van der Waals surface area contributed by atoms with E-state index >= 15 is 0 Å². The minimum Gasteiger partial charge on any atom is -0.372 e. The van der Waals surface area contributed by atoms with E-state index in [0.29, 0.717) is 80.2 Å². The summed E-state index contributed by atoms with van der Waals surface area (Å²) in [6.07, 6.45) is 9.43. The van der Waals surface area contributed by atoms with Gasteiger partial charge in [-0.1, -0.05) is 43.5 Å². The Morgan fingerprint density at radius 1 is 0.889 bits per heavy atom. The molecule has 0 spiro atoms. The summed E-state index contributed by atoms with van der Waals surface area (Å²) in [6.45, 7) is 6.80.